The molecule has 1 unspecified atom stereocenters. The molecule has 1 nitrogen and oxygen atoms in total. The Balaban J connectivity index is 4.78. The van der Waals surface area contributed by atoms with Gasteiger partial charge in [-0.05, 0) is 6.16 Å². The van der Waals surface area contributed by atoms with E-state index in [4.69, 9.17) is 11.2 Å². The first-order chi connectivity index (χ1) is 5.60. The van der Waals surface area contributed by atoms with Gasteiger partial charge in [0.2, 0.25) is 0 Å². The van der Waals surface area contributed by atoms with Crippen LogP contribution in [0.1, 0.15) is 6.92 Å². The van der Waals surface area contributed by atoms with Gasteiger partial charge >= 0.3 is 0 Å². The maximum absolute atomic E-state index is 6.46. The highest BCUT2D eigenvalue weighted by atomic mass is 35.7. The molecule has 0 aromatic rings. The average Bonchev–Trinajstić information content (AvgIpc) is 1.80. The molecule has 0 fully saturated rings. The van der Waals surface area contributed by atoms with Crippen LogP contribution < -0.4 is 0 Å². The second kappa shape index (κ2) is 4.76. The third-order valence-corrected chi connectivity index (χ3v) is 16.3. The molecule has 0 saturated carbocycles. The highest BCUT2D eigenvalue weighted by Gasteiger charge is 2.38. The normalized spacial score (nSPS) is 16.4. The molecule has 13 heavy (non-hydrogen) atoms. The Morgan fingerprint density at radius 2 is 1.31 bits per heavy atom. The van der Waals surface area contributed by atoms with Crippen LogP contribution in [-0.4, -0.2) is 26.6 Å². The van der Waals surface area contributed by atoms with Crippen LogP contribution in [0.3, 0.4) is 0 Å². The van der Waals surface area contributed by atoms with Gasteiger partial charge in [-0.1, -0.05) is 57.4 Å². The fraction of sp³-hybridized carbons (Fsp3) is 1.00. The summed E-state index contributed by atoms with van der Waals surface area (Å²) in [7, 11) is -2.82. The molecule has 0 aliphatic carbocycles. The van der Waals surface area contributed by atoms with E-state index in [2.05, 4.69) is 50.2 Å². The summed E-state index contributed by atoms with van der Waals surface area (Å²) in [6.07, 6.45) is 1.12. The third-order valence-electron chi connectivity index (χ3n) is 1.75. The summed E-state index contributed by atoms with van der Waals surface area (Å²) in [5.74, 6) is 0. The van der Waals surface area contributed by atoms with Crippen LogP contribution >= 0.6 is 18.7 Å². The van der Waals surface area contributed by atoms with Crippen molar-refractivity contribution in [2.24, 2.45) is 0 Å². The summed E-state index contributed by atoms with van der Waals surface area (Å²) in [6, 6.07) is 0. The molecule has 5 heteroatoms. The zero-order valence-corrected chi connectivity index (χ0v) is 13.6. The standard InChI is InChI=1S/C8H23ClNPSi2/c1-8-11(9)10(12(2,3)4)13(5,6)7/h8H2,1-7H3. The molecule has 0 aromatic heterocycles. The molecule has 0 heterocycles. The van der Waals surface area contributed by atoms with Gasteiger partial charge in [0.1, 0.15) is 16.5 Å². The van der Waals surface area contributed by atoms with E-state index in [1.165, 1.54) is 0 Å². The van der Waals surface area contributed by atoms with Crippen LogP contribution in [0.4, 0.5) is 0 Å². The van der Waals surface area contributed by atoms with E-state index >= 15 is 0 Å². The fourth-order valence-electron chi connectivity index (χ4n) is 1.80. The zero-order valence-electron chi connectivity index (χ0n) is 9.98. The van der Waals surface area contributed by atoms with E-state index in [-0.39, 0.29) is 7.43 Å². The van der Waals surface area contributed by atoms with Gasteiger partial charge in [0.25, 0.3) is 0 Å². The van der Waals surface area contributed by atoms with Crippen LogP contribution in [0.25, 0.3) is 0 Å². The van der Waals surface area contributed by atoms with Crippen molar-refractivity contribution in [1.29, 1.82) is 0 Å². The molecule has 0 spiro atoms. The van der Waals surface area contributed by atoms with Crippen LogP contribution in [0.15, 0.2) is 0 Å². The summed E-state index contributed by atoms with van der Waals surface area (Å²) in [5, 5.41) is 0. The van der Waals surface area contributed by atoms with E-state index in [9.17, 15) is 0 Å². The second-order valence-electron chi connectivity index (χ2n) is 5.31. The lowest BCUT2D eigenvalue weighted by Gasteiger charge is -2.45. The van der Waals surface area contributed by atoms with E-state index in [1.807, 2.05) is 0 Å². The molecule has 80 valence electrons. The maximum atomic E-state index is 6.46. The molecule has 0 amide bonds. The van der Waals surface area contributed by atoms with Crippen LogP contribution in [0.5, 0.6) is 0 Å². The zero-order chi connectivity index (χ0) is 10.9. The van der Waals surface area contributed by atoms with Gasteiger partial charge in [-0.3, -0.25) is 0 Å². The van der Waals surface area contributed by atoms with E-state index < -0.39 is 16.5 Å². The predicted molar refractivity (Wildman–Crippen MR) is 71.8 cm³/mol. The van der Waals surface area contributed by atoms with Crippen LogP contribution in [-0.2, 0) is 0 Å². The molecule has 0 radical (unpaired) electrons. The van der Waals surface area contributed by atoms with Crippen molar-refractivity contribution < 1.29 is 0 Å². The minimum Gasteiger partial charge on any atom is -0.312 e. The molecule has 0 aromatic carbocycles. The van der Waals surface area contributed by atoms with Crippen molar-refractivity contribution in [3.8, 4) is 0 Å². The Labute approximate surface area is 91.6 Å². The Morgan fingerprint density at radius 3 is 1.38 bits per heavy atom. The lowest BCUT2D eigenvalue weighted by atomic mass is 11.0. The highest BCUT2D eigenvalue weighted by Crippen LogP contribution is 2.51. The van der Waals surface area contributed by atoms with Crippen molar-refractivity contribution in [3.63, 3.8) is 0 Å². The summed E-state index contributed by atoms with van der Waals surface area (Å²) in [6.45, 7) is 16.6. The first-order valence-corrected chi connectivity index (χ1v) is 14.1. The lowest BCUT2D eigenvalue weighted by Crippen LogP contribution is -2.55. The summed E-state index contributed by atoms with van der Waals surface area (Å²) < 4.78 is 2.71. The Bertz CT molecular complexity index is 151. The van der Waals surface area contributed by atoms with Crippen molar-refractivity contribution in [2.75, 3.05) is 6.16 Å². The van der Waals surface area contributed by atoms with Crippen LogP contribution in [0, 0.1) is 0 Å². The van der Waals surface area contributed by atoms with Crippen LogP contribution in [0.2, 0.25) is 39.3 Å². The van der Waals surface area contributed by atoms with Crippen molar-refractivity contribution in [1.82, 2.24) is 4.00 Å². The number of nitrogens with zero attached hydrogens (tertiary/aromatic N) is 1. The number of rotatable bonds is 4. The van der Waals surface area contributed by atoms with E-state index in [0.29, 0.717) is 0 Å². The average molecular weight is 256 g/mol. The van der Waals surface area contributed by atoms with Gasteiger partial charge in [0, 0.05) is 7.43 Å². The van der Waals surface area contributed by atoms with Crippen molar-refractivity contribution in [3.05, 3.63) is 0 Å². The Kier molecular flexibility index (Phi) is 5.16. The Hall–Kier alpha value is 1.11. The van der Waals surface area contributed by atoms with Crippen molar-refractivity contribution in [2.45, 2.75) is 46.2 Å². The molecule has 0 saturated heterocycles. The monoisotopic (exact) mass is 255 g/mol. The minimum atomic E-state index is -1.21. The van der Waals surface area contributed by atoms with E-state index in [1.54, 1.807) is 0 Å². The largest absolute Gasteiger partial charge is 0.312 e. The summed E-state index contributed by atoms with van der Waals surface area (Å²) in [5.41, 5.74) is 0. The first kappa shape index (κ1) is 14.1. The molecule has 1 atom stereocenters. The summed E-state index contributed by atoms with van der Waals surface area (Å²) in [4.78, 5) is 0. The van der Waals surface area contributed by atoms with Gasteiger partial charge in [-0.2, -0.15) is 0 Å². The quantitative estimate of drug-likeness (QED) is 0.527. The van der Waals surface area contributed by atoms with Gasteiger partial charge in [0.05, 0.1) is 0 Å². The predicted octanol–water partition coefficient (Wildman–Crippen LogP) is 4.53. The number of hydrogen-bond acceptors (Lipinski definition) is 1. The van der Waals surface area contributed by atoms with E-state index in [0.717, 1.165) is 6.16 Å². The molecular formula is C8H23ClNPSi2. The molecule has 0 N–H and O–H groups in total. The first-order valence-electron chi connectivity index (χ1n) is 4.84. The topological polar surface area (TPSA) is 3.24 Å². The third kappa shape index (κ3) is 4.43. The number of hydrogen-bond donors (Lipinski definition) is 0. The molecular weight excluding hydrogens is 233 g/mol. The second-order valence-corrected chi connectivity index (χ2v) is 19.0. The van der Waals surface area contributed by atoms with Gasteiger partial charge in [-0.25, -0.2) is 0 Å². The maximum Gasteiger partial charge on any atom is 0.117 e. The number of halogens is 1. The SMILES string of the molecule is CCP(Cl)N([Si](C)(C)C)[Si](C)(C)C. The molecule has 0 rings (SSSR count). The lowest BCUT2D eigenvalue weighted by molar-refractivity contribution is 0.976. The minimum absolute atomic E-state index is 0.389. The fourth-order valence-corrected chi connectivity index (χ4v) is 20.3. The Morgan fingerprint density at radius 1 is 1.00 bits per heavy atom. The highest BCUT2D eigenvalue weighted by molar-refractivity contribution is 7.84. The molecule has 0 aliphatic rings. The molecule has 0 aliphatic heterocycles. The van der Waals surface area contributed by atoms with Crippen molar-refractivity contribution >= 4 is 35.1 Å². The van der Waals surface area contributed by atoms with Gasteiger partial charge < -0.3 is 4.00 Å². The summed E-state index contributed by atoms with van der Waals surface area (Å²) >= 11 is 6.46. The molecule has 0 bridgehead atoms. The van der Waals surface area contributed by atoms with Gasteiger partial charge in [-0.15, -0.1) is 0 Å². The smallest absolute Gasteiger partial charge is 0.117 e. The van der Waals surface area contributed by atoms with Gasteiger partial charge in [0.15, 0.2) is 0 Å².